The van der Waals surface area contributed by atoms with Gasteiger partial charge in [-0.2, -0.15) is 0 Å². The predicted molar refractivity (Wildman–Crippen MR) is 122 cm³/mol. The maximum atomic E-state index is 12.3. The third kappa shape index (κ3) is 6.71. The van der Waals surface area contributed by atoms with Crippen LogP contribution in [0.5, 0.6) is 11.5 Å². The van der Waals surface area contributed by atoms with Crippen LogP contribution in [0, 0.1) is 0 Å². The Hall–Kier alpha value is -4.06. The summed E-state index contributed by atoms with van der Waals surface area (Å²) in [7, 11) is 2.95. The number of thioether (sulfide) groups is 1. The Kier molecular flexibility index (Phi) is 7.86. The molecule has 1 aromatic heterocycles. The third-order valence-electron chi connectivity index (χ3n) is 4.21. The van der Waals surface area contributed by atoms with Gasteiger partial charge in [0.05, 0.1) is 20.0 Å². The van der Waals surface area contributed by atoms with Gasteiger partial charge in [0.1, 0.15) is 11.5 Å². The van der Waals surface area contributed by atoms with Gasteiger partial charge in [-0.25, -0.2) is 4.98 Å². The van der Waals surface area contributed by atoms with Crippen LogP contribution >= 0.6 is 11.8 Å². The van der Waals surface area contributed by atoms with Crippen molar-refractivity contribution in [3.8, 4) is 22.9 Å². The monoisotopic (exact) mass is 470 g/mol. The molecule has 0 spiro atoms. The molecule has 4 N–H and O–H groups in total. The van der Waals surface area contributed by atoms with Crippen LogP contribution in [0.3, 0.4) is 0 Å². The molecular formula is C21H22N6O5S. The van der Waals surface area contributed by atoms with Gasteiger partial charge in [0.15, 0.2) is 5.82 Å². The first kappa shape index (κ1) is 23.6. The Morgan fingerprint density at radius 1 is 1.00 bits per heavy atom. The molecule has 0 aliphatic heterocycles. The second kappa shape index (κ2) is 11.0. The first-order valence-corrected chi connectivity index (χ1v) is 10.6. The summed E-state index contributed by atoms with van der Waals surface area (Å²) in [6, 6.07) is 11.8. The highest BCUT2D eigenvalue weighted by molar-refractivity contribution is 7.99. The summed E-state index contributed by atoms with van der Waals surface area (Å²) in [5, 5.41) is 9.94. The molecule has 3 amide bonds. The summed E-state index contributed by atoms with van der Waals surface area (Å²) >= 11 is 1.10. The fourth-order valence-electron chi connectivity index (χ4n) is 2.66. The second-order valence-electron chi connectivity index (χ2n) is 6.62. The van der Waals surface area contributed by atoms with Crippen molar-refractivity contribution in [3.05, 3.63) is 48.0 Å². The number of amides is 3. The Balaban J connectivity index is 1.50. The number of aromatic amines is 1. The van der Waals surface area contributed by atoms with Crippen LogP contribution in [0.4, 0.5) is 5.69 Å². The summed E-state index contributed by atoms with van der Waals surface area (Å²) < 4.78 is 10.3. The van der Waals surface area contributed by atoms with E-state index in [0.29, 0.717) is 28.2 Å². The number of anilines is 1. The van der Waals surface area contributed by atoms with Crippen molar-refractivity contribution in [2.24, 2.45) is 0 Å². The van der Waals surface area contributed by atoms with Crippen LogP contribution < -0.4 is 25.6 Å². The minimum absolute atomic E-state index is 0.0134. The number of hydrogen-bond acceptors (Lipinski definition) is 8. The standard InChI is InChI=1S/C21H22N6O5S/c1-12(28)22-15-6-4-13(5-7-15)19-23-21(27-25-19)33-11-18(29)24-26-20(30)14-8-16(31-2)10-17(9-14)32-3/h4-10H,11H2,1-3H3,(H,22,28)(H,24,29)(H,26,30)(H,23,25,27). The number of carbonyl (C=O) groups is 3. The molecule has 172 valence electrons. The number of nitrogens with zero attached hydrogens (tertiary/aromatic N) is 2. The van der Waals surface area contributed by atoms with Crippen molar-refractivity contribution in [1.29, 1.82) is 0 Å². The van der Waals surface area contributed by atoms with Crippen molar-refractivity contribution in [1.82, 2.24) is 26.0 Å². The Labute approximate surface area is 193 Å². The smallest absolute Gasteiger partial charge is 0.269 e. The summed E-state index contributed by atoms with van der Waals surface area (Å²) in [6.07, 6.45) is 0. The van der Waals surface area contributed by atoms with Gasteiger partial charge >= 0.3 is 0 Å². The molecule has 2 aromatic carbocycles. The maximum absolute atomic E-state index is 12.3. The number of aromatic nitrogens is 3. The molecule has 33 heavy (non-hydrogen) atoms. The van der Waals surface area contributed by atoms with Crippen LogP contribution in [-0.4, -0.2) is 52.9 Å². The van der Waals surface area contributed by atoms with Gasteiger partial charge in [-0.15, -0.1) is 5.10 Å². The number of methoxy groups -OCH3 is 2. The van der Waals surface area contributed by atoms with Gasteiger partial charge in [-0.05, 0) is 36.4 Å². The molecule has 0 saturated heterocycles. The summed E-state index contributed by atoms with van der Waals surface area (Å²) in [6.45, 7) is 1.44. The lowest BCUT2D eigenvalue weighted by atomic mass is 10.2. The lowest BCUT2D eigenvalue weighted by Gasteiger charge is -2.09. The average Bonchev–Trinajstić information content (AvgIpc) is 3.30. The van der Waals surface area contributed by atoms with Crippen molar-refractivity contribution in [2.75, 3.05) is 25.3 Å². The Morgan fingerprint density at radius 3 is 2.27 bits per heavy atom. The maximum Gasteiger partial charge on any atom is 0.269 e. The molecule has 0 unspecified atom stereocenters. The lowest BCUT2D eigenvalue weighted by Crippen LogP contribution is -2.42. The normalized spacial score (nSPS) is 10.3. The van der Waals surface area contributed by atoms with Crippen LogP contribution in [0.25, 0.3) is 11.4 Å². The molecule has 0 fully saturated rings. The number of H-pyrrole nitrogens is 1. The fraction of sp³-hybridized carbons (Fsp3) is 0.190. The zero-order valence-electron chi connectivity index (χ0n) is 18.1. The van der Waals surface area contributed by atoms with Crippen LogP contribution in [0.2, 0.25) is 0 Å². The molecular weight excluding hydrogens is 448 g/mol. The minimum atomic E-state index is -0.520. The third-order valence-corrected chi connectivity index (χ3v) is 5.05. The number of ether oxygens (including phenoxy) is 2. The number of hydrazine groups is 1. The van der Waals surface area contributed by atoms with Crippen molar-refractivity contribution >= 4 is 35.2 Å². The highest BCUT2D eigenvalue weighted by atomic mass is 32.2. The van der Waals surface area contributed by atoms with Crippen LogP contribution in [0.1, 0.15) is 17.3 Å². The largest absolute Gasteiger partial charge is 0.497 e. The first-order valence-electron chi connectivity index (χ1n) is 9.63. The summed E-state index contributed by atoms with van der Waals surface area (Å²) in [5.41, 5.74) is 6.40. The number of rotatable bonds is 8. The van der Waals surface area contributed by atoms with Crippen LogP contribution in [0.15, 0.2) is 47.6 Å². The molecule has 3 rings (SSSR count). The van der Waals surface area contributed by atoms with Gasteiger partial charge in [-0.3, -0.25) is 30.3 Å². The SMILES string of the molecule is COc1cc(OC)cc(C(=O)NNC(=O)CSc2n[nH]c(-c3ccc(NC(C)=O)cc3)n2)c1. The molecule has 11 nitrogen and oxygen atoms in total. The Morgan fingerprint density at radius 2 is 1.67 bits per heavy atom. The van der Waals surface area contributed by atoms with E-state index in [2.05, 4.69) is 31.3 Å². The summed E-state index contributed by atoms with van der Waals surface area (Å²) in [5.74, 6) is 0.299. The van der Waals surface area contributed by atoms with Gasteiger partial charge in [0, 0.05) is 29.8 Å². The van der Waals surface area contributed by atoms with E-state index in [1.807, 2.05) is 0 Å². The number of nitrogens with one attached hydrogen (secondary N) is 4. The van der Waals surface area contributed by atoms with Gasteiger partial charge in [-0.1, -0.05) is 11.8 Å². The van der Waals surface area contributed by atoms with E-state index < -0.39 is 11.8 Å². The second-order valence-corrected chi connectivity index (χ2v) is 7.56. The molecule has 0 aliphatic carbocycles. The highest BCUT2D eigenvalue weighted by Crippen LogP contribution is 2.23. The average molecular weight is 471 g/mol. The molecule has 0 radical (unpaired) electrons. The van der Waals surface area contributed by atoms with E-state index in [-0.39, 0.29) is 17.2 Å². The highest BCUT2D eigenvalue weighted by Gasteiger charge is 2.13. The minimum Gasteiger partial charge on any atom is -0.497 e. The molecule has 0 atom stereocenters. The first-order chi connectivity index (χ1) is 15.9. The molecule has 12 heteroatoms. The zero-order valence-corrected chi connectivity index (χ0v) is 18.9. The van der Waals surface area contributed by atoms with Gasteiger partial charge < -0.3 is 14.8 Å². The molecule has 3 aromatic rings. The van der Waals surface area contributed by atoms with Crippen molar-refractivity contribution in [3.63, 3.8) is 0 Å². The lowest BCUT2D eigenvalue weighted by molar-refractivity contribution is -0.119. The van der Waals surface area contributed by atoms with E-state index in [1.165, 1.54) is 33.3 Å². The molecule has 0 saturated carbocycles. The molecule has 0 aliphatic rings. The fourth-order valence-corrected chi connectivity index (χ4v) is 3.26. The van der Waals surface area contributed by atoms with E-state index in [1.54, 1.807) is 30.3 Å². The molecule has 1 heterocycles. The van der Waals surface area contributed by atoms with Gasteiger partial charge in [0.2, 0.25) is 17.0 Å². The van der Waals surface area contributed by atoms with E-state index >= 15 is 0 Å². The molecule has 0 bridgehead atoms. The number of hydrogen-bond donors (Lipinski definition) is 4. The number of benzene rings is 2. The van der Waals surface area contributed by atoms with Crippen molar-refractivity contribution < 1.29 is 23.9 Å². The predicted octanol–water partition coefficient (Wildman–Crippen LogP) is 2.00. The number of carbonyl (C=O) groups excluding carboxylic acids is 3. The van der Waals surface area contributed by atoms with Gasteiger partial charge in [0.25, 0.3) is 5.91 Å². The quantitative estimate of drug-likeness (QED) is 0.289. The zero-order chi connectivity index (χ0) is 23.8. The summed E-state index contributed by atoms with van der Waals surface area (Å²) in [4.78, 5) is 39.8. The van der Waals surface area contributed by atoms with E-state index in [9.17, 15) is 14.4 Å². The topological polar surface area (TPSA) is 147 Å². The van der Waals surface area contributed by atoms with E-state index in [4.69, 9.17) is 9.47 Å². The van der Waals surface area contributed by atoms with Crippen molar-refractivity contribution in [2.45, 2.75) is 12.1 Å². The van der Waals surface area contributed by atoms with E-state index in [0.717, 1.165) is 17.3 Å². The van der Waals surface area contributed by atoms with Crippen LogP contribution in [-0.2, 0) is 9.59 Å². The Bertz CT molecular complexity index is 1130.